The Morgan fingerprint density at radius 2 is 1.96 bits per heavy atom. The number of amides is 1. The first-order valence-electron chi connectivity index (χ1n) is 7.65. The Morgan fingerprint density at radius 3 is 2.67 bits per heavy atom. The summed E-state index contributed by atoms with van der Waals surface area (Å²) in [5.41, 5.74) is 2.85. The van der Waals surface area contributed by atoms with Crippen molar-refractivity contribution in [2.75, 3.05) is 18.2 Å². The predicted molar refractivity (Wildman–Crippen MR) is 97.7 cm³/mol. The molecule has 0 spiro atoms. The maximum absolute atomic E-state index is 12.0. The minimum atomic E-state index is -0.00793. The summed E-state index contributed by atoms with van der Waals surface area (Å²) < 4.78 is 7.16. The van der Waals surface area contributed by atoms with E-state index >= 15 is 0 Å². The zero-order valence-corrected chi connectivity index (χ0v) is 14.5. The van der Waals surface area contributed by atoms with Gasteiger partial charge in [-0.15, -0.1) is 0 Å². The summed E-state index contributed by atoms with van der Waals surface area (Å²) in [7, 11) is 3.61. The van der Waals surface area contributed by atoms with E-state index < -0.39 is 0 Å². The summed E-state index contributed by atoms with van der Waals surface area (Å²) in [5, 5.41) is 3.81. The van der Waals surface area contributed by atoms with Crippen LogP contribution in [0.4, 0.5) is 5.69 Å². The number of aryl methyl sites for hydroxylation is 1. The van der Waals surface area contributed by atoms with E-state index in [2.05, 4.69) is 14.9 Å². The first-order chi connectivity index (χ1) is 11.7. The molecule has 1 amide bonds. The van der Waals surface area contributed by atoms with Crippen molar-refractivity contribution < 1.29 is 9.53 Å². The summed E-state index contributed by atoms with van der Waals surface area (Å²) in [4.78, 5) is 16.6. The van der Waals surface area contributed by atoms with Gasteiger partial charge in [0.2, 0.25) is 5.91 Å². The third-order valence-corrected chi connectivity index (χ3v) is 4.71. The molecule has 0 aliphatic heterocycles. The zero-order chi connectivity index (χ0) is 16.9. The SMILES string of the molecule is COc1ccc(NC(=O)CCSc2nc3ccccc3n2C)cc1. The quantitative estimate of drug-likeness (QED) is 0.695. The number of anilines is 1. The van der Waals surface area contributed by atoms with Crippen LogP contribution in [0.25, 0.3) is 11.0 Å². The highest BCUT2D eigenvalue weighted by molar-refractivity contribution is 7.99. The molecule has 124 valence electrons. The number of thioether (sulfide) groups is 1. The van der Waals surface area contributed by atoms with Crippen LogP contribution in [0.5, 0.6) is 5.75 Å². The Balaban J connectivity index is 1.53. The molecule has 5 nitrogen and oxygen atoms in total. The molecule has 6 heteroatoms. The molecule has 3 rings (SSSR count). The number of fused-ring (bicyclic) bond motifs is 1. The molecule has 3 aromatic rings. The van der Waals surface area contributed by atoms with Crippen molar-refractivity contribution in [3.63, 3.8) is 0 Å². The molecule has 0 saturated carbocycles. The van der Waals surface area contributed by atoms with Gasteiger partial charge in [-0.3, -0.25) is 4.79 Å². The van der Waals surface area contributed by atoms with Crippen LogP contribution in [-0.2, 0) is 11.8 Å². The topological polar surface area (TPSA) is 56.1 Å². The molecule has 0 atom stereocenters. The summed E-state index contributed by atoms with van der Waals surface area (Å²) in [5.74, 6) is 1.44. The molecule has 0 saturated heterocycles. The molecule has 1 heterocycles. The van der Waals surface area contributed by atoms with Crippen LogP contribution in [0.3, 0.4) is 0 Å². The Labute approximate surface area is 145 Å². The Morgan fingerprint density at radius 1 is 1.21 bits per heavy atom. The van der Waals surface area contributed by atoms with Crippen LogP contribution in [-0.4, -0.2) is 28.3 Å². The maximum atomic E-state index is 12.0. The number of ether oxygens (including phenoxy) is 1. The molecule has 0 aliphatic rings. The third-order valence-electron chi connectivity index (χ3n) is 3.68. The highest BCUT2D eigenvalue weighted by Crippen LogP contribution is 2.23. The van der Waals surface area contributed by atoms with Gasteiger partial charge in [0.15, 0.2) is 5.16 Å². The lowest BCUT2D eigenvalue weighted by molar-refractivity contribution is -0.115. The number of benzene rings is 2. The first-order valence-corrected chi connectivity index (χ1v) is 8.64. The number of hydrogen-bond acceptors (Lipinski definition) is 4. The van der Waals surface area contributed by atoms with Crippen molar-refractivity contribution in [2.24, 2.45) is 7.05 Å². The normalized spacial score (nSPS) is 10.8. The van der Waals surface area contributed by atoms with Crippen LogP contribution in [0.1, 0.15) is 6.42 Å². The number of imidazole rings is 1. The monoisotopic (exact) mass is 341 g/mol. The number of nitrogens with zero attached hydrogens (tertiary/aromatic N) is 2. The number of methoxy groups -OCH3 is 1. The van der Waals surface area contributed by atoms with Gasteiger partial charge < -0.3 is 14.6 Å². The van der Waals surface area contributed by atoms with Gasteiger partial charge in [0.05, 0.1) is 18.1 Å². The van der Waals surface area contributed by atoms with Gasteiger partial charge in [-0.25, -0.2) is 4.98 Å². The van der Waals surface area contributed by atoms with Crippen molar-refractivity contribution in [3.05, 3.63) is 48.5 Å². The van der Waals surface area contributed by atoms with Crippen molar-refractivity contribution in [2.45, 2.75) is 11.6 Å². The van der Waals surface area contributed by atoms with E-state index in [1.54, 1.807) is 18.9 Å². The second kappa shape index (κ2) is 7.40. The molecular weight excluding hydrogens is 322 g/mol. The molecule has 0 aliphatic carbocycles. The molecule has 1 N–H and O–H groups in total. The molecule has 0 radical (unpaired) electrons. The van der Waals surface area contributed by atoms with Gasteiger partial charge >= 0.3 is 0 Å². The fourth-order valence-electron chi connectivity index (χ4n) is 2.39. The van der Waals surface area contributed by atoms with Gasteiger partial charge in [-0.05, 0) is 36.4 Å². The molecule has 0 fully saturated rings. The maximum Gasteiger partial charge on any atom is 0.225 e. The number of hydrogen-bond donors (Lipinski definition) is 1. The highest BCUT2D eigenvalue weighted by Gasteiger charge is 2.09. The minimum Gasteiger partial charge on any atom is -0.497 e. The summed E-state index contributed by atoms with van der Waals surface area (Å²) in [6, 6.07) is 15.3. The van der Waals surface area contributed by atoms with E-state index in [1.807, 2.05) is 55.6 Å². The fourth-order valence-corrected chi connectivity index (χ4v) is 3.31. The Bertz CT molecular complexity index is 843. The lowest BCUT2D eigenvalue weighted by atomic mass is 10.3. The molecule has 0 bridgehead atoms. The highest BCUT2D eigenvalue weighted by atomic mass is 32.2. The van der Waals surface area contributed by atoms with Crippen molar-refractivity contribution in [3.8, 4) is 5.75 Å². The van der Waals surface area contributed by atoms with Gasteiger partial charge in [0.1, 0.15) is 5.75 Å². The second-order valence-electron chi connectivity index (χ2n) is 5.32. The predicted octanol–water partition coefficient (Wildman–Crippen LogP) is 3.70. The van der Waals surface area contributed by atoms with Crippen LogP contribution in [0.15, 0.2) is 53.7 Å². The van der Waals surface area contributed by atoms with Crippen LogP contribution in [0, 0.1) is 0 Å². The number of carbonyl (C=O) groups excluding carboxylic acids is 1. The van der Waals surface area contributed by atoms with Gasteiger partial charge in [0, 0.05) is 24.9 Å². The fraction of sp³-hybridized carbons (Fsp3) is 0.222. The average Bonchev–Trinajstić information content (AvgIpc) is 2.92. The molecule has 0 unspecified atom stereocenters. The summed E-state index contributed by atoms with van der Waals surface area (Å²) in [6.45, 7) is 0. The number of carbonyl (C=O) groups is 1. The van der Waals surface area contributed by atoms with Crippen molar-refractivity contribution in [1.29, 1.82) is 0 Å². The van der Waals surface area contributed by atoms with E-state index in [-0.39, 0.29) is 5.91 Å². The van der Waals surface area contributed by atoms with E-state index in [4.69, 9.17) is 4.74 Å². The molecule has 24 heavy (non-hydrogen) atoms. The van der Waals surface area contributed by atoms with Gasteiger partial charge in [-0.1, -0.05) is 23.9 Å². The Hall–Kier alpha value is -2.47. The number of rotatable bonds is 6. The van der Waals surface area contributed by atoms with Crippen molar-refractivity contribution >= 4 is 34.4 Å². The summed E-state index contributed by atoms with van der Waals surface area (Å²) in [6.07, 6.45) is 0.430. The van der Waals surface area contributed by atoms with Crippen LogP contribution in [0.2, 0.25) is 0 Å². The third kappa shape index (κ3) is 3.71. The van der Waals surface area contributed by atoms with Crippen LogP contribution < -0.4 is 10.1 Å². The summed E-state index contributed by atoms with van der Waals surface area (Å²) >= 11 is 1.59. The smallest absolute Gasteiger partial charge is 0.225 e. The lowest BCUT2D eigenvalue weighted by Gasteiger charge is -2.06. The van der Waals surface area contributed by atoms with Crippen LogP contribution >= 0.6 is 11.8 Å². The van der Waals surface area contributed by atoms with E-state index in [0.717, 1.165) is 27.6 Å². The second-order valence-corrected chi connectivity index (χ2v) is 6.38. The van der Waals surface area contributed by atoms with Gasteiger partial charge in [0.25, 0.3) is 0 Å². The number of para-hydroxylation sites is 2. The average molecular weight is 341 g/mol. The molecule has 2 aromatic carbocycles. The van der Waals surface area contributed by atoms with Crippen molar-refractivity contribution in [1.82, 2.24) is 9.55 Å². The minimum absolute atomic E-state index is 0.00793. The number of aromatic nitrogens is 2. The standard InChI is InChI=1S/C18H19N3O2S/c1-21-16-6-4-3-5-15(16)20-18(21)24-12-11-17(22)19-13-7-9-14(23-2)10-8-13/h3-10H,11-12H2,1-2H3,(H,19,22). The lowest BCUT2D eigenvalue weighted by Crippen LogP contribution is -2.12. The van der Waals surface area contributed by atoms with E-state index in [0.29, 0.717) is 12.2 Å². The van der Waals surface area contributed by atoms with Gasteiger partial charge in [-0.2, -0.15) is 0 Å². The van der Waals surface area contributed by atoms with E-state index in [1.165, 1.54) is 0 Å². The molecular formula is C18H19N3O2S. The Kier molecular flexibility index (Phi) is 5.05. The number of nitrogens with one attached hydrogen (secondary N) is 1. The molecule has 1 aromatic heterocycles. The zero-order valence-electron chi connectivity index (χ0n) is 13.7. The van der Waals surface area contributed by atoms with E-state index in [9.17, 15) is 4.79 Å². The first kappa shape index (κ1) is 16.4. The largest absolute Gasteiger partial charge is 0.497 e.